The minimum absolute atomic E-state index is 0.750. The Kier molecular flexibility index (Phi) is 10.4. The Morgan fingerprint density at radius 2 is 1.73 bits per heavy atom. The van der Waals surface area contributed by atoms with E-state index in [1.807, 2.05) is 6.08 Å². The number of carbonyl (C=O) groups is 1. The number of rotatable bonds is 3. The first-order valence-corrected chi connectivity index (χ1v) is 3.62. The molecule has 0 radical (unpaired) electrons. The topological polar surface area (TPSA) is 57.5 Å². The molecule has 3 heteroatoms. The van der Waals surface area contributed by atoms with Crippen molar-refractivity contribution < 1.29 is 15.0 Å². The Morgan fingerprint density at radius 1 is 1.45 bits per heavy atom. The average Bonchev–Trinajstić information content (AvgIpc) is 1.90. The van der Waals surface area contributed by atoms with Crippen LogP contribution in [-0.2, 0) is 0 Å². The van der Waals surface area contributed by atoms with Gasteiger partial charge in [-0.3, -0.25) is 0 Å². The van der Waals surface area contributed by atoms with Gasteiger partial charge in [0.2, 0.25) is 0 Å². The highest BCUT2D eigenvalue weighted by atomic mass is 16.6. The van der Waals surface area contributed by atoms with Gasteiger partial charge < -0.3 is 10.2 Å². The number of carboxylic acid groups (broad SMARTS) is 2. The first-order valence-electron chi connectivity index (χ1n) is 3.62. The second-order valence-electron chi connectivity index (χ2n) is 2.09. The summed E-state index contributed by atoms with van der Waals surface area (Å²) in [5, 5.41) is 13.9. The van der Waals surface area contributed by atoms with Crippen LogP contribution in [0, 0.1) is 5.92 Å². The van der Waals surface area contributed by atoms with E-state index in [4.69, 9.17) is 15.0 Å². The molecule has 0 aromatic carbocycles. The molecule has 0 fully saturated rings. The summed E-state index contributed by atoms with van der Waals surface area (Å²) in [6, 6.07) is 0. The molecular weight excluding hydrogens is 144 g/mol. The predicted octanol–water partition coefficient (Wildman–Crippen LogP) is 2.83. The van der Waals surface area contributed by atoms with Crippen LogP contribution in [0.25, 0.3) is 0 Å². The standard InChI is InChI=1S/C7H14.CH2O3/c1-4-7(5-2)6-3;2-1(3)4/h4,7H,1,5-6H2,2-3H3;(H2,2,3,4). The van der Waals surface area contributed by atoms with E-state index in [-0.39, 0.29) is 0 Å². The molecule has 0 aliphatic rings. The summed E-state index contributed by atoms with van der Waals surface area (Å²) in [7, 11) is 0. The van der Waals surface area contributed by atoms with Crippen LogP contribution in [0.4, 0.5) is 4.79 Å². The summed E-state index contributed by atoms with van der Waals surface area (Å²) in [4.78, 5) is 8.56. The molecule has 0 aliphatic heterocycles. The van der Waals surface area contributed by atoms with E-state index in [1.165, 1.54) is 12.8 Å². The normalized spacial score (nSPS) is 8.27. The quantitative estimate of drug-likeness (QED) is 0.624. The monoisotopic (exact) mass is 160 g/mol. The zero-order chi connectivity index (χ0) is 9.28. The van der Waals surface area contributed by atoms with Gasteiger partial charge in [0.15, 0.2) is 0 Å². The molecule has 0 aliphatic carbocycles. The van der Waals surface area contributed by atoms with Crippen molar-refractivity contribution in [1.29, 1.82) is 0 Å². The van der Waals surface area contributed by atoms with E-state index in [9.17, 15) is 0 Å². The minimum Gasteiger partial charge on any atom is -0.450 e. The fourth-order valence-corrected chi connectivity index (χ4v) is 0.622. The molecule has 0 amide bonds. The molecule has 0 aromatic heterocycles. The van der Waals surface area contributed by atoms with Crippen molar-refractivity contribution in [3.05, 3.63) is 12.7 Å². The number of hydrogen-bond donors (Lipinski definition) is 2. The lowest BCUT2D eigenvalue weighted by Crippen LogP contribution is -1.87. The lowest BCUT2D eigenvalue weighted by molar-refractivity contribution is 0.137. The molecule has 0 bridgehead atoms. The molecule has 0 aromatic rings. The molecule has 0 atom stereocenters. The van der Waals surface area contributed by atoms with E-state index in [0.29, 0.717) is 0 Å². The molecule has 0 saturated heterocycles. The van der Waals surface area contributed by atoms with Crippen LogP contribution in [0.15, 0.2) is 12.7 Å². The highest BCUT2D eigenvalue weighted by Crippen LogP contribution is 2.06. The van der Waals surface area contributed by atoms with Crippen molar-refractivity contribution >= 4 is 6.16 Å². The summed E-state index contributed by atoms with van der Waals surface area (Å²) < 4.78 is 0. The Morgan fingerprint density at radius 3 is 1.73 bits per heavy atom. The molecule has 11 heavy (non-hydrogen) atoms. The lowest BCUT2D eigenvalue weighted by Gasteiger charge is -2.01. The first-order chi connectivity index (χ1) is 5.08. The van der Waals surface area contributed by atoms with Gasteiger partial charge in [-0.05, 0) is 18.8 Å². The SMILES string of the molecule is C=CC(CC)CC.O=C(O)O. The smallest absolute Gasteiger partial charge is 0.450 e. The van der Waals surface area contributed by atoms with Crippen LogP contribution in [0.1, 0.15) is 26.7 Å². The van der Waals surface area contributed by atoms with Crippen LogP contribution >= 0.6 is 0 Å². The molecule has 0 rings (SSSR count). The van der Waals surface area contributed by atoms with Gasteiger partial charge in [-0.2, -0.15) is 0 Å². The third-order valence-electron chi connectivity index (χ3n) is 1.38. The van der Waals surface area contributed by atoms with Crippen molar-refractivity contribution in [2.24, 2.45) is 5.92 Å². The highest BCUT2D eigenvalue weighted by molar-refractivity contribution is 5.53. The Hall–Kier alpha value is -0.990. The molecule has 0 heterocycles. The van der Waals surface area contributed by atoms with Gasteiger partial charge in [0, 0.05) is 0 Å². The van der Waals surface area contributed by atoms with Gasteiger partial charge >= 0.3 is 6.16 Å². The summed E-state index contributed by atoms with van der Waals surface area (Å²) in [6.45, 7) is 8.08. The van der Waals surface area contributed by atoms with Crippen molar-refractivity contribution in [3.8, 4) is 0 Å². The molecule has 3 nitrogen and oxygen atoms in total. The van der Waals surface area contributed by atoms with Crippen LogP contribution < -0.4 is 0 Å². The lowest BCUT2D eigenvalue weighted by atomic mass is 10.0. The summed E-state index contributed by atoms with van der Waals surface area (Å²) in [5.74, 6) is 0.750. The van der Waals surface area contributed by atoms with Crippen LogP contribution in [0.3, 0.4) is 0 Å². The zero-order valence-electron chi connectivity index (χ0n) is 7.08. The van der Waals surface area contributed by atoms with Crippen molar-refractivity contribution in [1.82, 2.24) is 0 Å². The summed E-state index contributed by atoms with van der Waals surface area (Å²) >= 11 is 0. The first kappa shape index (κ1) is 12.7. The maximum atomic E-state index is 8.56. The van der Waals surface area contributed by atoms with E-state index in [2.05, 4.69) is 20.4 Å². The van der Waals surface area contributed by atoms with Crippen molar-refractivity contribution in [2.75, 3.05) is 0 Å². The van der Waals surface area contributed by atoms with Gasteiger partial charge in [0.1, 0.15) is 0 Å². The van der Waals surface area contributed by atoms with Gasteiger partial charge in [0.05, 0.1) is 0 Å². The number of allylic oxidation sites excluding steroid dienone is 1. The third-order valence-corrected chi connectivity index (χ3v) is 1.38. The second kappa shape index (κ2) is 9.01. The average molecular weight is 160 g/mol. The third kappa shape index (κ3) is 17.6. The Labute approximate surface area is 67.4 Å². The van der Waals surface area contributed by atoms with Crippen molar-refractivity contribution in [3.63, 3.8) is 0 Å². The van der Waals surface area contributed by atoms with Gasteiger partial charge in [-0.1, -0.05) is 19.9 Å². The second-order valence-corrected chi connectivity index (χ2v) is 2.09. The molecule has 66 valence electrons. The molecule has 0 spiro atoms. The van der Waals surface area contributed by atoms with Gasteiger partial charge in [-0.25, -0.2) is 4.79 Å². The van der Waals surface area contributed by atoms with E-state index >= 15 is 0 Å². The minimum atomic E-state index is -1.83. The number of hydrogen-bond acceptors (Lipinski definition) is 1. The predicted molar refractivity (Wildman–Crippen MR) is 44.9 cm³/mol. The van der Waals surface area contributed by atoms with E-state index in [0.717, 1.165) is 5.92 Å². The fourth-order valence-electron chi connectivity index (χ4n) is 0.622. The molecule has 0 unspecified atom stereocenters. The Balaban J connectivity index is 0. The fraction of sp³-hybridized carbons (Fsp3) is 0.625. The van der Waals surface area contributed by atoms with Gasteiger partial charge in [0.25, 0.3) is 0 Å². The zero-order valence-corrected chi connectivity index (χ0v) is 7.08. The van der Waals surface area contributed by atoms with E-state index < -0.39 is 6.16 Å². The maximum absolute atomic E-state index is 8.56. The summed E-state index contributed by atoms with van der Waals surface area (Å²) in [5.41, 5.74) is 0. The Bertz CT molecular complexity index is 102. The van der Waals surface area contributed by atoms with Gasteiger partial charge in [-0.15, -0.1) is 6.58 Å². The molecule has 2 N–H and O–H groups in total. The van der Waals surface area contributed by atoms with Crippen LogP contribution in [-0.4, -0.2) is 16.4 Å². The largest absolute Gasteiger partial charge is 0.503 e. The highest BCUT2D eigenvalue weighted by Gasteiger charge is 1.92. The van der Waals surface area contributed by atoms with Crippen LogP contribution in [0.2, 0.25) is 0 Å². The van der Waals surface area contributed by atoms with Crippen LogP contribution in [0.5, 0.6) is 0 Å². The summed E-state index contributed by atoms with van der Waals surface area (Å²) in [6.07, 6.45) is 2.67. The van der Waals surface area contributed by atoms with Crippen molar-refractivity contribution in [2.45, 2.75) is 26.7 Å². The molecule has 0 saturated carbocycles. The maximum Gasteiger partial charge on any atom is 0.503 e. The van der Waals surface area contributed by atoms with E-state index in [1.54, 1.807) is 0 Å². The molecular formula is C8H16O3.